The molecule has 0 radical (unpaired) electrons. The summed E-state index contributed by atoms with van der Waals surface area (Å²) in [5.74, 6) is 0.273. The number of fused-ring (bicyclic) bond motifs is 1. The zero-order chi connectivity index (χ0) is 18.7. The lowest BCUT2D eigenvalue weighted by Crippen LogP contribution is -2.43. The Hall–Kier alpha value is -2.30. The molecule has 2 heterocycles. The normalized spacial score (nSPS) is 15.4. The summed E-state index contributed by atoms with van der Waals surface area (Å²) in [6.45, 7) is 8.17. The summed E-state index contributed by atoms with van der Waals surface area (Å²) in [5.41, 5.74) is 4.13. The summed E-state index contributed by atoms with van der Waals surface area (Å²) in [4.78, 5) is 26.6. The van der Waals surface area contributed by atoms with E-state index in [1.165, 1.54) is 5.56 Å². The third kappa shape index (κ3) is 3.76. The van der Waals surface area contributed by atoms with Crippen molar-refractivity contribution >= 4 is 22.8 Å². The van der Waals surface area contributed by atoms with Gasteiger partial charge in [0.1, 0.15) is 5.58 Å². The van der Waals surface area contributed by atoms with Crippen LogP contribution in [0.2, 0.25) is 0 Å². The van der Waals surface area contributed by atoms with Crippen molar-refractivity contribution in [1.29, 1.82) is 0 Å². The summed E-state index contributed by atoms with van der Waals surface area (Å²) in [7, 11) is 0. The molecule has 0 unspecified atom stereocenters. The average Bonchev–Trinajstić information content (AvgIpc) is 3.06. The second kappa shape index (κ2) is 7.94. The fraction of sp³-hybridized carbons (Fsp3) is 0.524. The van der Waals surface area contributed by atoms with E-state index in [9.17, 15) is 9.59 Å². The number of benzene rings is 1. The van der Waals surface area contributed by atoms with Gasteiger partial charge in [0.2, 0.25) is 11.8 Å². The lowest BCUT2D eigenvalue weighted by atomic mass is 9.95. The van der Waals surface area contributed by atoms with Crippen LogP contribution < -0.4 is 5.32 Å². The smallest absolute Gasteiger partial charge is 0.227 e. The van der Waals surface area contributed by atoms with Gasteiger partial charge in [-0.25, -0.2) is 0 Å². The maximum Gasteiger partial charge on any atom is 0.227 e. The van der Waals surface area contributed by atoms with Crippen molar-refractivity contribution in [2.45, 2.75) is 46.5 Å². The monoisotopic (exact) mass is 356 g/mol. The Labute approximate surface area is 154 Å². The molecule has 1 aromatic carbocycles. The van der Waals surface area contributed by atoms with Crippen LogP contribution in [-0.2, 0) is 16.0 Å². The van der Waals surface area contributed by atoms with E-state index in [2.05, 4.69) is 18.3 Å². The molecule has 1 saturated heterocycles. The van der Waals surface area contributed by atoms with Crippen LogP contribution in [0, 0.1) is 19.8 Å². The van der Waals surface area contributed by atoms with Gasteiger partial charge in [-0.15, -0.1) is 0 Å². The molecule has 0 saturated carbocycles. The van der Waals surface area contributed by atoms with Crippen LogP contribution in [0.1, 0.15) is 42.9 Å². The first-order valence-electron chi connectivity index (χ1n) is 9.53. The van der Waals surface area contributed by atoms with Gasteiger partial charge < -0.3 is 14.6 Å². The van der Waals surface area contributed by atoms with Gasteiger partial charge in [-0.2, -0.15) is 0 Å². The number of carbonyl (C=O) groups excluding carboxylic acids is 2. The van der Waals surface area contributed by atoms with E-state index in [-0.39, 0.29) is 17.7 Å². The molecule has 5 nitrogen and oxygen atoms in total. The van der Waals surface area contributed by atoms with Gasteiger partial charge in [-0.1, -0.05) is 19.1 Å². The number of hydrogen-bond donors (Lipinski definition) is 1. The first kappa shape index (κ1) is 18.5. The molecule has 5 heteroatoms. The molecule has 3 rings (SSSR count). The number of aryl methyl sites for hydroxylation is 2. The molecule has 1 aliphatic rings. The van der Waals surface area contributed by atoms with Crippen LogP contribution in [0.5, 0.6) is 0 Å². The van der Waals surface area contributed by atoms with E-state index < -0.39 is 0 Å². The Balaban J connectivity index is 1.60. The molecule has 0 atom stereocenters. The van der Waals surface area contributed by atoms with E-state index in [1.54, 1.807) is 6.26 Å². The Morgan fingerprint density at radius 2 is 1.96 bits per heavy atom. The van der Waals surface area contributed by atoms with E-state index in [0.29, 0.717) is 19.5 Å². The van der Waals surface area contributed by atoms with E-state index in [4.69, 9.17) is 4.42 Å². The number of furan rings is 1. The average molecular weight is 356 g/mol. The van der Waals surface area contributed by atoms with Crippen LogP contribution in [0.3, 0.4) is 0 Å². The maximum atomic E-state index is 12.7. The fourth-order valence-electron chi connectivity index (χ4n) is 3.58. The standard InChI is InChI=1S/C21H28N2O3/c1-4-9-22-21(25)16-7-10-23(11-8-16)19(24)12-17-13-26-20-15(3)14(2)5-6-18(17)20/h5-6,13,16H,4,7-12H2,1-3H3,(H,22,25). The molecule has 1 fully saturated rings. The van der Waals surface area contributed by atoms with Crippen LogP contribution in [0.15, 0.2) is 22.8 Å². The van der Waals surface area contributed by atoms with Gasteiger partial charge in [-0.3, -0.25) is 9.59 Å². The van der Waals surface area contributed by atoms with Crippen LogP contribution in [0.25, 0.3) is 11.0 Å². The third-order valence-electron chi connectivity index (χ3n) is 5.45. The van der Waals surface area contributed by atoms with Crippen molar-refractivity contribution in [3.05, 3.63) is 35.1 Å². The second-order valence-corrected chi connectivity index (χ2v) is 7.27. The minimum atomic E-state index is 0.0333. The topological polar surface area (TPSA) is 62.6 Å². The minimum Gasteiger partial charge on any atom is -0.464 e. The van der Waals surface area contributed by atoms with Crippen LogP contribution in [-0.4, -0.2) is 36.3 Å². The molecule has 2 aromatic rings. The van der Waals surface area contributed by atoms with Crippen LogP contribution >= 0.6 is 0 Å². The summed E-state index contributed by atoms with van der Waals surface area (Å²) >= 11 is 0. The van der Waals surface area contributed by atoms with Crippen molar-refractivity contribution in [2.24, 2.45) is 5.92 Å². The van der Waals surface area contributed by atoms with Gasteiger partial charge in [0.15, 0.2) is 0 Å². The SMILES string of the molecule is CCCNC(=O)C1CCN(C(=O)Cc2coc3c(C)c(C)ccc23)CC1. The summed E-state index contributed by atoms with van der Waals surface area (Å²) in [5, 5.41) is 3.98. The zero-order valence-electron chi connectivity index (χ0n) is 15.9. The lowest BCUT2D eigenvalue weighted by Gasteiger charge is -2.31. The quantitative estimate of drug-likeness (QED) is 0.893. The molecule has 0 bridgehead atoms. The number of amides is 2. The highest BCUT2D eigenvalue weighted by molar-refractivity contribution is 5.89. The van der Waals surface area contributed by atoms with Gasteiger partial charge in [0, 0.05) is 36.5 Å². The molecule has 1 aromatic heterocycles. The van der Waals surface area contributed by atoms with Crippen molar-refractivity contribution in [1.82, 2.24) is 10.2 Å². The van der Waals surface area contributed by atoms with E-state index in [1.807, 2.05) is 24.8 Å². The summed E-state index contributed by atoms with van der Waals surface area (Å²) in [6, 6.07) is 4.11. The molecular weight excluding hydrogens is 328 g/mol. The van der Waals surface area contributed by atoms with Crippen molar-refractivity contribution < 1.29 is 14.0 Å². The summed E-state index contributed by atoms with van der Waals surface area (Å²) < 4.78 is 5.71. The van der Waals surface area contributed by atoms with E-state index >= 15 is 0 Å². The van der Waals surface area contributed by atoms with Gasteiger partial charge in [-0.05, 0) is 44.2 Å². The number of rotatable bonds is 5. The molecule has 2 amide bonds. The minimum absolute atomic E-state index is 0.0333. The largest absolute Gasteiger partial charge is 0.464 e. The van der Waals surface area contributed by atoms with Gasteiger partial charge in [0.25, 0.3) is 0 Å². The van der Waals surface area contributed by atoms with Gasteiger partial charge >= 0.3 is 0 Å². The van der Waals surface area contributed by atoms with E-state index in [0.717, 1.165) is 47.9 Å². The highest BCUT2D eigenvalue weighted by Gasteiger charge is 2.27. The highest BCUT2D eigenvalue weighted by Crippen LogP contribution is 2.27. The number of piperidine rings is 1. The first-order chi connectivity index (χ1) is 12.5. The Morgan fingerprint density at radius 3 is 2.65 bits per heavy atom. The number of nitrogens with one attached hydrogen (secondary N) is 1. The predicted molar refractivity (Wildman–Crippen MR) is 102 cm³/mol. The zero-order valence-corrected chi connectivity index (χ0v) is 15.9. The molecule has 140 valence electrons. The molecule has 26 heavy (non-hydrogen) atoms. The number of likely N-dealkylation sites (tertiary alicyclic amines) is 1. The third-order valence-corrected chi connectivity index (χ3v) is 5.45. The number of carbonyl (C=O) groups is 2. The lowest BCUT2D eigenvalue weighted by molar-refractivity contribution is -0.135. The molecule has 1 aliphatic heterocycles. The molecule has 0 spiro atoms. The van der Waals surface area contributed by atoms with Crippen molar-refractivity contribution in [2.75, 3.05) is 19.6 Å². The molecule has 0 aliphatic carbocycles. The maximum absolute atomic E-state index is 12.7. The Morgan fingerprint density at radius 1 is 1.23 bits per heavy atom. The second-order valence-electron chi connectivity index (χ2n) is 7.27. The highest BCUT2D eigenvalue weighted by atomic mass is 16.3. The van der Waals surface area contributed by atoms with Crippen LogP contribution in [0.4, 0.5) is 0 Å². The van der Waals surface area contributed by atoms with Crippen molar-refractivity contribution in [3.63, 3.8) is 0 Å². The predicted octanol–water partition coefficient (Wildman–Crippen LogP) is 3.36. The number of hydrogen-bond acceptors (Lipinski definition) is 3. The Kier molecular flexibility index (Phi) is 5.64. The first-order valence-corrected chi connectivity index (χ1v) is 9.53. The Bertz CT molecular complexity index is 801. The fourth-order valence-corrected chi connectivity index (χ4v) is 3.58. The summed E-state index contributed by atoms with van der Waals surface area (Å²) in [6.07, 6.45) is 4.49. The molecule has 1 N–H and O–H groups in total. The molecular formula is C21H28N2O3. The van der Waals surface area contributed by atoms with Crippen molar-refractivity contribution in [3.8, 4) is 0 Å². The van der Waals surface area contributed by atoms with Gasteiger partial charge in [0.05, 0.1) is 12.7 Å². The number of nitrogens with zero attached hydrogens (tertiary/aromatic N) is 1.